The fourth-order valence-corrected chi connectivity index (χ4v) is 0.444. The van der Waals surface area contributed by atoms with Gasteiger partial charge in [-0.25, -0.2) is 0 Å². The molecule has 4 heteroatoms. The minimum atomic E-state index is 0.390. The Kier molecular flexibility index (Phi) is 1.21. The van der Waals surface area contributed by atoms with Crippen molar-refractivity contribution in [1.82, 2.24) is 10.2 Å². The SMILES string of the molecule is Clc1cn[nH]c1Cl. The third-order valence-electron chi connectivity index (χ3n) is 0.550. The fourth-order valence-electron chi connectivity index (χ4n) is 0.256. The Morgan fingerprint density at radius 2 is 2.29 bits per heavy atom. The lowest BCUT2D eigenvalue weighted by Gasteiger charge is -1.72. The number of rotatable bonds is 0. The Hall–Kier alpha value is -0.210. The monoisotopic (exact) mass is 136 g/mol. The Bertz CT molecular complexity index is 143. The van der Waals surface area contributed by atoms with Crippen LogP contribution in [0.15, 0.2) is 6.20 Å². The van der Waals surface area contributed by atoms with Gasteiger partial charge in [0, 0.05) is 0 Å². The highest BCUT2D eigenvalue weighted by atomic mass is 35.5. The van der Waals surface area contributed by atoms with Gasteiger partial charge in [0.05, 0.1) is 11.2 Å². The van der Waals surface area contributed by atoms with Crippen LogP contribution >= 0.6 is 23.2 Å². The number of halogens is 2. The van der Waals surface area contributed by atoms with Crippen molar-refractivity contribution in [2.45, 2.75) is 0 Å². The van der Waals surface area contributed by atoms with E-state index >= 15 is 0 Å². The van der Waals surface area contributed by atoms with Crippen molar-refractivity contribution < 1.29 is 0 Å². The van der Waals surface area contributed by atoms with Crippen LogP contribution in [0.2, 0.25) is 10.2 Å². The average Bonchev–Trinajstić information content (AvgIpc) is 1.91. The van der Waals surface area contributed by atoms with Crippen LogP contribution in [0.3, 0.4) is 0 Å². The molecule has 1 N–H and O–H groups in total. The summed E-state index contributed by atoms with van der Waals surface area (Å²) < 4.78 is 0. The minimum Gasteiger partial charge on any atom is -0.266 e. The van der Waals surface area contributed by atoms with Gasteiger partial charge in [-0.1, -0.05) is 23.2 Å². The van der Waals surface area contributed by atoms with E-state index in [1.54, 1.807) is 0 Å². The Morgan fingerprint density at radius 3 is 2.43 bits per heavy atom. The summed E-state index contributed by atoms with van der Waals surface area (Å²) in [5.41, 5.74) is 0. The molecule has 7 heavy (non-hydrogen) atoms. The van der Waals surface area contributed by atoms with E-state index < -0.39 is 0 Å². The second kappa shape index (κ2) is 1.72. The molecule has 2 nitrogen and oxygen atoms in total. The van der Waals surface area contributed by atoms with E-state index in [1.165, 1.54) is 6.20 Å². The van der Waals surface area contributed by atoms with Gasteiger partial charge in [0.1, 0.15) is 5.15 Å². The molecule has 0 aliphatic heterocycles. The summed E-state index contributed by atoms with van der Waals surface area (Å²) in [7, 11) is 0. The summed E-state index contributed by atoms with van der Waals surface area (Å²) in [6.45, 7) is 0. The van der Waals surface area contributed by atoms with Crippen LogP contribution in [-0.2, 0) is 0 Å². The minimum absolute atomic E-state index is 0.390. The lowest BCUT2D eigenvalue weighted by Crippen LogP contribution is -1.59. The molecule has 0 unspecified atom stereocenters. The van der Waals surface area contributed by atoms with Crippen LogP contribution in [0.4, 0.5) is 0 Å². The molecular weight excluding hydrogens is 135 g/mol. The lowest BCUT2D eigenvalue weighted by molar-refractivity contribution is 1.09. The number of hydrogen-bond donors (Lipinski definition) is 1. The van der Waals surface area contributed by atoms with Crippen molar-refractivity contribution in [3.05, 3.63) is 16.4 Å². The Balaban J connectivity index is 3.12. The Morgan fingerprint density at radius 1 is 1.57 bits per heavy atom. The normalized spacial score (nSPS) is 9.43. The standard InChI is InChI=1S/C3H2Cl2N2/c4-2-1-6-7-3(2)5/h1H,(H,6,7). The van der Waals surface area contributed by atoms with Crippen LogP contribution in [0, 0.1) is 0 Å². The first-order valence-corrected chi connectivity index (χ1v) is 2.40. The van der Waals surface area contributed by atoms with E-state index in [2.05, 4.69) is 10.2 Å². The third kappa shape index (κ3) is 0.868. The molecule has 0 aliphatic carbocycles. The molecule has 1 rings (SSSR count). The van der Waals surface area contributed by atoms with Crippen LogP contribution in [-0.4, -0.2) is 10.2 Å². The summed E-state index contributed by atoms with van der Waals surface area (Å²) >= 11 is 10.8. The third-order valence-corrected chi connectivity index (χ3v) is 1.22. The fraction of sp³-hybridized carbons (Fsp3) is 0. The van der Waals surface area contributed by atoms with Gasteiger partial charge in [-0.3, -0.25) is 5.10 Å². The van der Waals surface area contributed by atoms with Crippen molar-refractivity contribution in [3.63, 3.8) is 0 Å². The zero-order valence-electron chi connectivity index (χ0n) is 3.28. The van der Waals surface area contributed by atoms with Crippen LogP contribution in [0.5, 0.6) is 0 Å². The summed E-state index contributed by atoms with van der Waals surface area (Å²) in [6.07, 6.45) is 1.45. The molecule has 0 saturated heterocycles. The predicted molar refractivity (Wildman–Crippen MR) is 28.6 cm³/mol. The molecule has 0 atom stereocenters. The maximum absolute atomic E-state index is 5.40. The summed E-state index contributed by atoms with van der Waals surface area (Å²) in [5, 5.41) is 6.83. The zero-order chi connectivity index (χ0) is 5.28. The van der Waals surface area contributed by atoms with Crippen molar-refractivity contribution in [2.24, 2.45) is 0 Å². The molecule has 0 aliphatic rings. The smallest absolute Gasteiger partial charge is 0.143 e. The van der Waals surface area contributed by atoms with Crippen molar-refractivity contribution in [1.29, 1.82) is 0 Å². The highest BCUT2D eigenvalue weighted by Gasteiger charge is 1.93. The average molecular weight is 137 g/mol. The van der Waals surface area contributed by atoms with Crippen molar-refractivity contribution in [3.8, 4) is 0 Å². The largest absolute Gasteiger partial charge is 0.266 e. The topological polar surface area (TPSA) is 28.7 Å². The van der Waals surface area contributed by atoms with Gasteiger partial charge in [0.2, 0.25) is 0 Å². The molecule has 0 bridgehead atoms. The van der Waals surface area contributed by atoms with E-state index in [4.69, 9.17) is 23.2 Å². The van der Waals surface area contributed by atoms with E-state index in [-0.39, 0.29) is 0 Å². The first-order chi connectivity index (χ1) is 3.30. The number of aromatic nitrogens is 2. The highest BCUT2D eigenvalue weighted by molar-refractivity contribution is 6.41. The van der Waals surface area contributed by atoms with Gasteiger partial charge in [-0.2, -0.15) is 5.10 Å². The quantitative estimate of drug-likeness (QED) is 0.579. The molecule has 0 aromatic carbocycles. The van der Waals surface area contributed by atoms with E-state index in [1.807, 2.05) is 0 Å². The maximum atomic E-state index is 5.40. The number of hydrogen-bond acceptors (Lipinski definition) is 1. The van der Waals surface area contributed by atoms with Gasteiger partial charge >= 0.3 is 0 Å². The zero-order valence-corrected chi connectivity index (χ0v) is 4.79. The Labute approximate surface area is 50.4 Å². The first-order valence-electron chi connectivity index (χ1n) is 1.65. The molecule has 0 amide bonds. The number of aromatic amines is 1. The van der Waals surface area contributed by atoms with Gasteiger partial charge in [0.15, 0.2) is 0 Å². The van der Waals surface area contributed by atoms with Crippen LogP contribution < -0.4 is 0 Å². The molecule has 0 saturated carbocycles. The second-order valence-corrected chi connectivity index (χ2v) is 1.82. The van der Waals surface area contributed by atoms with Gasteiger partial charge in [0.25, 0.3) is 0 Å². The van der Waals surface area contributed by atoms with Crippen molar-refractivity contribution in [2.75, 3.05) is 0 Å². The molecule has 0 fully saturated rings. The summed E-state index contributed by atoms with van der Waals surface area (Å²) in [5.74, 6) is 0. The van der Waals surface area contributed by atoms with Crippen molar-refractivity contribution >= 4 is 23.2 Å². The highest BCUT2D eigenvalue weighted by Crippen LogP contribution is 2.15. The number of nitrogens with one attached hydrogen (secondary N) is 1. The predicted octanol–water partition coefficient (Wildman–Crippen LogP) is 1.72. The summed E-state index contributed by atoms with van der Waals surface area (Å²) in [6, 6.07) is 0. The molecule has 0 radical (unpaired) electrons. The van der Waals surface area contributed by atoms with Crippen LogP contribution in [0.25, 0.3) is 0 Å². The lowest BCUT2D eigenvalue weighted by atomic mass is 10.7. The van der Waals surface area contributed by atoms with Gasteiger partial charge < -0.3 is 0 Å². The van der Waals surface area contributed by atoms with Gasteiger partial charge in [-0.15, -0.1) is 0 Å². The molecule has 38 valence electrons. The van der Waals surface area contributed by atoms with E-state index in [9.17, 15) is 0 Å². The molecular formula is C3H2Cl2N2. The van der Waals surface area contributed by atoms with Crippen LogP contribution in [0.1, 0.15) is 0 Å². The number of nitrogens with zero attached hydrogens (tertiary/aromatic N) is 1. The maximum Gasteiger partial charge on any atom is 0.143 e. The van der Waals surface area contributed by atoms with E-state index in [0.29, 0.717) is 10.2 Å². The van der Waals surface area contributed by atoms with Gasteiger partial charge in [-0.05, 0) is 0 Å². The first kappa shape index (κ1) is 4.94. The molecule has 1 aromatic heterocycles. The van der Waals surface area contributed by atoms with E-state index in [0.717, 1.165) is 0 Å². The molecule has 1 aromatic rings. The molecule has 1 heterocycles. The summed E-state index contributed by atoms with van der Waals surface area (Å²) in [4.78, 5) is 0. The number of H-pyrrole nitrogens is 1. The second-order valence-electron chi connectivity index (χ2n) is 1.03. The molecule has 0 spiro atoms.